The molecule has 0 fully saturated rings. The molecule has 0 saturated carbocycles. The van der Waals surface area contributed by atoms with E-state index in [1.54, 1.807) is 25.1 Å². The van der Waals surface area contributed by atoms with E-state index in [0.29, 0.717) is 15.8 Å². The molecule has 2 rings (SSSR count). The summed E-state index contributed by atoms with van der Waals surface area (Å²) in [4.78, 5) is 27.5. The Labute approximate surface area is 208 Å². The van der Waals surface area contributed by atoms with Crippen molar-refractivity contribution in [2.24, 2.45) is 0 Å². The minimum Gasteiger partial charge on any atom is -0.484 e. The zero-order valence-electron chi connectivity index (χ0n) is 19.2. The summed E-state index contributed by atoms with van der Waals surface area (Å²) < 4.78 is 6.79. The number of nitrogens with one attached hydrogen (secondary N) is 1. The first-order chi connectivity index (χ1) is 14.8. The zero-order valence-corrected chi connectivity index (χ0v) is 22.3. The molecule has 0 bridgehead atoms. The molecule has 1 N–H and O–H groups in total. The standard InChI is InChI=1S/C24H29BrCl2N2O3/c1-14-9-18(10-15(2)22(14)25)32-13-21(30)29(16(3)23(31)28-24(4,5)6)12-17-7-8-19(26)20(27)11-17/h7-11,16H,12-13H2,1-6H3,(H,28,31)/t16-/m1/s1. The van der Waals surface area contributed by atoms with Crippen molar-refractivity contribution in [2.75, 3.05) is 6.61 Å². The molecule has 0 unspecified atom stereocenters. The van der Waals surface area contributed by atoms with Gasteiger partial charge in [0.1, 0.15) is 11.8 Å². The molecule has 174 valence electrons. The molecule has 0 spiro atoms. The van der Waals surface area contributed by atoms with Gasteiger partial charge in [-0.25, -0.2) is 0 Å². The van der Waals surface area contributed by atoms with Gasteiger partial charge in [0, 0.05) is 16.6 Å². The number of benzene rings is 2. The Balaban J connectivity index is 2.24. The molecule has 2 aromatic rings. The molecule has 0 aliphatic carbocycles. The molecule has 5 nitrogen and oxygen atoms in total. The van der Waals surface area contributed by atoms with Crippen molar-refractivity contribution in [1.29, 1.82) is 0 Å². The number of aryl methyl sites for hydroxylation is 2. The van der Waals surface area contributed by atoms with E-state index in [1.807, 2.05) is 46.8 Å². The van der Waals surface area contributed by atoms with Crippen molar-refractivity contribution in [2.45, 2.75) is 59.7 Å². The number of rotatable bonds is 7. The summed E-state index contributed by atoms with van der Waals surface area (Å²) in [6, 6.07) is 8.16. The summed E-state index contributed by atoms with van der Waals surface area (Å²) in [6.07, 6.45) is 0. The van der Waals surface area contributed by atoms with Crippen LogP contribution in [0.2, 0.25) is 10.0 Å². The second-order valence-corrected chi connectivity index (χ2v) is 10.5. The summed E-state index contributed by atoms with van der Waals surface area (Å²) in [6.45, 7) is 11.3. The number of ether oxygens (including phenoxy) is 1. The van der Waals surface area contributed by atoms with Crippen LogP contribution >= 0.6 is 39.1 Å². The van der Waals surface area contributed by atoms with E-state index in [1.165, 1.54) is 4.90 Å². The number of amides is 2. The van der Waals surface area contributed by atoms with E-state index >= 15 is 0 Å². The second kappa shape index (κ2) is 10.9. The van der Waals surface area contributed by atoms with Crippen molar-refractivity contribution in [1.82, 2.24) is 10.2 Å². The summed E-state index contributed by atoms with van der Waals surface area (Å²) in [5, 5.41) is 3.75. The van der Waals surface area contributed by atoms with Crippen LogP contribution in [0.1, 0.15) is 44.4 Å². The van der Waals surface area contributed by atoms with Gasteiger partial charge in [-0.2, -0.15) is 0 Å². The number of hydrogen-bond acceptors (Lipinski definition) is 3. The van der Waals surface area contributed by atoms with Crippen LogP contribution in [0.25, 0.3) is 0 Å². The van der Waals surface area contributed by atoms with Crippen LogP contribution in [-0.2, 0) is 16.1 Å². The lowest BCUT2D eigenvalue weighted by Crippen LogP contribution is -2.53. The van der Waals surface area contributed by atoms with E-state index in [2.05, 4.69) is 21.2 Å². The topological polar surface area (TPSA) is 58.6 Å². The summed E-state index contributed by atoms with van der Waals surface area (Å²) in [7, 11) is 0. The third-order valence-electron chi connectivity index (χ3n) is 4.77. The minimum absolute atomic E-state index is 0.191. The second-order valence-electron chi connectivity index (χ2n) is 8.85. The van der Waals surface area contributed by atoms with Gasteiger partial charge in [0.25, 0.3) is 5.91 Å². The third-order valence-corrected chi connectivity index (χ3v) is 6.76. The highest BCUT2D eigenvalue weighted by molar-refractivity contribution is 9.10. The predicted octanol–water partition coefficient (Wildman–Crippen LogP) is 6.08. The fraction of sp³-hybridized carbons (Fsp3) is 0.417. The molecule has 0 heterocycles. The van der Waals surface area contributed by atoms with Gasteiger partial charge in [0.15, 0.2) is 6.61 Å². The summed E-state index contributed by atoms with van der Waals surface area (Å²) >= 11 is 15.7. The van der Waals surface area contributed by atoms with Crippen LogP contribution in [0.5, 0.6) is 5.75 Å². The molecule has 1 atom stereocenters. The fourth-order valence-corrected chi connectivity index (χ4v) is 3.66. The molecular formula is C24H29BrCl2N2O3. The number of hydrogen-bond donors (Lipinski definition) is 1. The highest BCUT2D eigenvalue weighted by atomic mass is 79.9. The van der Waals surface area contributed by atoms with Gasteiger partial charge < -0.3 is 15.0 Å². The first-order valence-corrected chi connectivity index (χ1v) is 11.8. The predicted molar refractivity (Wildman–Crippen MR) is 133 cm³/mol. The SMILES string of the molecule is Cc1cc(OCC(=O)N(Cc2ccc(Cl)c(Cl)c2)[C@H](C)C(=O)NC(C)(C)C)cc(C)c1Br. The first-order valence-electron chi connectivity index (χ1n) is 10.2. The highest BCUT2D eigenvalue weighted by Gasteiger charge is 2.29. The van der Waals surface area contributed by atoms with Gasteiger partial charge in [-0.1, -0.05) is 45.2 Å². The molecule has 2 amide bonds. The maximum Gasteiger partial charge on any atom is 0.261 e. The maximum atomic E-state index is 13.2. The Morgan fingerprint density at radius 1 is 1.09 bits per heavy atom. The van der Waals surface area contributed by atoms with Gasteiger partial charge in [-0.15, -0.1) is 0 Å². The van der Waals surface area contributed by atoms with Crippen LogP contribution in [-0.4, -0.2) is 34.9 Å². The Bertz CT molecular complexity index is 982. The van der Waals surface area contributed by atoms with E-state index < -0.39 is 11.6 Å². The largest absolute Gasteiger partial charge is 0.484 e. The van der Waals surface area contributed by atoms with Crippen molar-refractivity contribution < 1.29 is 14.3 Å². The first kappa shape index (κ1) is 26.5. The Hall–Kier alpha value is -1.76. The average Bonchev–Trinajstić information content (AvgIpc) is 2.69. The fourth-order valence-electron chi connectivity index (χ4n) is 3.11. The van der Waals surface area contributed by atoms with Crippen LogP contribution in [0.15, 0.2) is 34.8 Å². The number of carbonyl (C=O) groups excluding carboxylic acids is 2. The zero-order chi connectivity index (χ0) is 24.2. The smallest absolute Gasteiger partial charge is 0.261 e. The van der Waals surface area contributed by atoms with Crippen molar-refractivity contribution in [3.8, 4) is 5.75 Å². The van der Waals surface area contributed by atoms with Gasteiger partial charge in [0.2, 0.25) is 5.91 Å². The molecule has 0 radical (unpaired) electrons. The molecule has 32 heavy (non-hydrogen) atoms. The molecule has 0 aliphatic rings. The van der Waals surface area contributed by atoms with Gasteiger partial charge >= 0.3 is 0 Å². The van der Waals surface area contributed by atoms with Gasteiger partial charge in [0.05, 0.1) is 10.0 Å². The normalized spacial score (nSPS) is 12.3. The van der Waals surface area contributed by atoms with Gasteiger partial charge in [-0.3, -0.25) is 9.59 Å². The van der Waals surface area contributed by atoms with Crippen molar-refractivity contribution >= 4 is 50.9 Å². The Kier molecular flexibility index (Phi) is 9.03. The molecule has 0 aromatic heterocycles. The lowest BCUT2D eigenvalue weighted by atomic mass is 10.1. The third kappa shape index (κ3) is 7.39. The Morgan fingerprint density at radius 2 is 1.69 bits per heavy atom. The van der Waals surface area contributed by atoms with Gasteiger partial charge in [-0.05, 0) is 82.5 Å². The number of halogens is 3. The van der Waals surface area contributed by atoms with Crippen LogP contribution < -0.4 is 10.1 Å². The Morgan fingerprint density at radius 3 is 2.22 bits per heavy atom. The highest BCUT2D eigenvalue weighted by Crippen LogP contribution is 2.27. The summed E-state index contributed by atoms with van der Waals surface area (Å²) in [5.41, 5.74) is 2.36. The summed E-state index contributed by atoms with van der Waals surface area (Å²) in [5.74, 6) is 0.0323. The van der Waals surface area contributed by atoms with Crippen LogP contribution in [0, 0.1) is 13.8 Å². The molecular weight excluding hydrogens is 515 g/mol. The lowest BCUT2D eigenvalue weighted by molar-refractivity contribution is -0.142. The molecule has 8 heteroatoms. The van der Waals surface area contributed by atoms with E-state index in [9.17, 15) is 9.59 Å². The monoisotopic (exact) mass is 542 g/mol. The van der Waals surface area contributed by atoms with Crippen molar-refractivity contribution in [3.63, 3.8) is 0 Å². The quantitative estimate of drug-likeness (QED) is 0.460. The van der Waals surface area contributed by atoms with E-state index in [-0.39, 0.29) is 25.0 Å². The molecule has 0 aliphatic heterocycles. The maximum absolute atomic E-state index is 13.2. The lowest BCUT2D eigenvalue weighted by Gasteiger charge is -2.31. The number of nitrogens with zero attached hydrogens (tertiary/aromatic N) is 1. The van der Waals surface area contributed by atoms with Crippen LogP contribution in [0.3, 0.4) is 0 Å². The molecule has 2 aromatic carbocycles. The average molecular weight is 544 g/mol. The van der Waals surface area contributed by atoms with E-state index in [0.717, 1.165) is 21.2 Å². The molecule has 0 saturated heterocycles. The van der Waals surface area contributed by atoms with Crippen molar-refractivity contribution in [3.05, 3.63) is 61.5 Å². The minimum atomic E-state index is -0.715. The van der Waals surface area contributed by atoms with E-state index in [4.69, 9.17) is 27.9 Å². The van der Waals surface area contributed by atoms with Crippen LogP contribution in [0.4, 0.5) is 0 Å². The number of carbonyl (C=O) groups is 2.